The van der Waals surface area contributed by atoms with Crippen LogP contribution in [0.5, 0.6) is 11.5 Å². The second-order valence-corrected chi connectivity index (χ2v) is 4.82. The van der Waals surface area contributed by atoms with Crippen LogP contribution in [0.15, 0.2) is 23.6 Å². The first-order chi connectivity index (χ1) is 9.56. The molecule has 1 aromatic carbocycles. The Morgan fingerprint density at radius 3 is 2.75 bits per heavy atom. The SMILES string of the molecule is COc1ccc(-c2nc(C(N)C(=O)O)cs2)c(OC)c1. The van der Waals surface area contributed by atoms with E-state index in [2.05, 4.69) is 4.98 Å². The highest BCUT2D eigenvalue weighted by atomic mass is 32.1. The lowest BCUT2D eigenvalue weighted by Gasteiger charge is -2.08. The molecule has 0 spiro atoms. The smallest absolute Gasteiger partial charge is 0.326 e. The van der Waals surface area contributed by atoms with Gasteiger partial charge in [0.15, 0.2) is 0 Å². The second kappa shape index (κ2) is 5.89. The van der Waals surface area contributed by atoms with Gasteiger partial charge in [0.25, 0.3) is 0 Å². The molecule has 2 rings (SSSR count). The van der Waals surface area contributed by atoms with E-state index >= 15 is 0 Å². The maximum atomic E-state index is 10.9. The van der Waals surface area contributed by atoms with Crippen LogP contribution >= 0.6 is 11.3 Å². The molecule has 0 saturated carbocycles. The molecule has 0 saturated heterocycles. The van der Waals surface area contributed by atoms with Crippen LogP contribution in [-0.2, 0) is 4.79 Å². The van der Waals surface area contributed by atoms with E-state index in [0.29, 0.717) is 22.2 Å². The van der Waals surface area contributed by atoms with E-state index in [-0.39, 0.29) is 0 Å². The van der Waals surface area contributed by atoms with Gasteiger partial charge in [0.2, 0.25) is 0 Å². The van der Waals surface area contributed by atoms with Crippen molar-refractivity contribution in [1.82, 2.24) is 4.98 Å². The van der Waals surface area contributed by atoms with Crippen molar-refractivity contribution in [2.75, 3.05) is 14.2 Å². The first kappa shape index (κ1) is 14.3. The van der Waals surface area contributed by atoms with Crippen molar-refractivity contribution in [3.63, 3.8) is 0 Å². The summed E-state index contributed by atoms with van der Waals surface area (Å²) in [4.78, 5) is 15.1. The Kier molecular flexibility index (Phi) is 4.21. The van der Waals surface area contributed by atoms with Gasteiger partial charge in [-0.15, -0.1) is 11.3 Å². The fraction of sp³-hybridized carbons (Fsp3) is 0.231. The van der Waals surface area contributed by atoms with Crippen molar-refractivity contribution in [1.29, 1.82) is 0 Å². The normalized spacial score (nSPS) is 11.9. The predicted octanol–water partition coefficient (Wildman–Crippen LogP) is 1.91. The molecule has 0 fully saturated rings. The zero-order valence-electron chi connectivity index (χ0n) is 11.0. The lowest BCUT2D eigenvalue weighted by molar-refractivity contribution is -0.138. The summed E-state index contributed by atoms with van der Waals surface area (Å²) in [6.07, 6.45) is 0. The first-order valence-corrected chi connectivity index (χ1v) is 6.61. The van der Waals surface area contributed by atoms with Gasteiger partial charge in [0.05, 0.1) is 25.5 Å². The highest BCUT2D eigenvalue weighted by molar-refractivity contribution is 7.13. The quantitative estimate of drug-likeness (QED) is 0.874. The Labute approximate surface area is 119 Å². The minimum absolute atomic E-state index is 0.329. The van der Waals surface area contributed by atoms with Crippen molar-refractivity contribution in [2.45, 2.75) is 6.04 Å². The molecule has 0 aliphatic rings. The maximum Gasteiger partial charge on any atom is 0.326 e. The van der Waals surface area contributed by atoms with Gasteiger partial charge in [-0.25, -0.2) is 4.98 Å². The van der Waals surface area contributed by atoms with Crippen molar-refractivity contribution in [2.24, 2.45) is 5.73 Å². The van der Waals surface area contributed by atoms with Crippen LogP contribution in [0.4, 0.5) is 0 Å². The van der Waals surface area contributed by atoms with Crippen LogP contribution < -0.4 is 15.2 Å². The largest absolute Gasteiger partial charge is 0.497 e. The maximum absolute atomic E-state index is 10.9. The molecule has 2 aromatic rings. The van der Waals surface area contributed by atoms with E-state index in [0.717, 1.165) is 5.56 Å². The third kappa shape index (κ3) is 2.73. The first-order valence-electron chi connectivity index (χ1n) is 5.73. The zero-order valence-corrected chi connectivity index (χ0v) is 11.8. The number of benzene rings is 1. The van der Waals surface area contributed by atoms with Crippen molar-refractivity contribution >= 4 is 17.3 Å². The van der Waals surface area contributed by atoms with Gasteiger partial charge in [-0.05, 0) is 12.1 Å². The summed E-state index contributed by atoms with van der Waals surface area (Å²) in [6.45, 7) is 0. The topological polar surface area (TPSA) is 94.7 Å². The lowest BCUT2D eigenvalue weighted by Crippen LogP contribution is -2.20. The Balaban J connectivity index is 2.39. The summed E-state index contributed by atoms with van der Waals surface area (Å²) in [6, 6.07) is 4.22. The number of hydrogen-bond donors (Lipinski definition) is 2. The number of thiazole rings is 1. The summed E-state index contributed by atoms with van der Waals surface area (Å²) in [5, 5.41) is 11.2. The molecule has 0 bridgehead atoms. The average Bonchev–Trinajstić information content (AvgIpc) is 2.95. The van der Waals surface area contributed by atoms with Crippen LogP contribution in [0.3, 0.4) is 0 Å². The summed E-state index contributed by atoms with van der Waals surface area (Å²) in [7, 11) is 3.12. The molecule has 7 heteroatoms. The minimum Gasteiger partial charge on any atom is -0.497 e. The summed E-state index contributed by atoms with van der Waals surface area (Å²) in [5.74, 6) is 0.169. The van der Waals surface area contributed by atoms with E-state index in [1.807, 2.05) is 6.07 Å². The number of aliphatic carboxylic acids is 1. The second-order valence-electron chi connectivity index (χ2n) is 3.96. The molecule has 1 aromatic heterocycles. The standard InChI is InChI=1S/C13H14N2O4S/c1-18-7-3-4-8(10(5-7)19-2)12-15-9(6-20-12)11(14)13(16)17/h3-6,11H,14H2,1-2H3,(H,16,17). The molecule has 1 heterocycles. The van der Waals surface area contributed by atoms with Crippen LogP contribution in [-0.4, -0.2) is 30.3 Å². The molecule has 0 radical (unpaired) electrons. The van der Waals surface area contributed by atoms with Crippen molar-refractivity contribution < 1.29 is 19.4 Å². The minimum atomic E-state index is -1.12. The highest BCUT2D eigenvalue weighted by Gasteiger charge is 2.19. The zero-order chi connectivity index (χ0) is 14.7. The molecule has 20 heavy (non-hydrogen) atoms. The average molecular weight is 294 g/mol. The number of hydrogen-bond acceptors (Lipinski definition) is 6. The van der Waals surface area contributed by atoms with Crippen LogP contribution in [0.1, 0.15) is 11.7 Å². The van der Waals surface area contributed by atoms with Crippen LogP contribution in [0.2, 0.25) is 0 Å². The summed E-state index contributed by atoms with van der Waals surface area (Å²) in [5.41, 5.74) is 6.63. The molecule has 0 aliphatic carbocycles. The Morgan fingerprint density at radius 1 is 1.40 bits per heavy atom. The number of carbonyl (C=O) groups is 1. The third-order valence-electron chi connectivity index (χ3n) is 2.75. The molecule has 6 nitrogen and oxygen atoms in total. The van der Waals surface area contributed by atoms with Gasteiger partial charge in [-0.1, -0.05) is 0 Å². The molecule has 106 valence electrons. The molecule has 0 aliphatic heterocycles. The number of nitrogens with two attached hydrogens (primary N) is 1. The Bertz CT molecular complexity index is 627. The van der Waals surface area contributed by atoms with E-state index < -0.39 is 12.0 Å². The number of rotatable bonds is 5. The van der Waals surface area contributed by atoms with E-state index in [9.17, 15) is 4.79 Å². The Morgan fingerprint density at radius 2 is 2.15 bits per heavy atom. The number of carboxylic acid groups (broad SMARTS) is 1. The van der Waals surface area contributed by atoms with Gasteiger partial charge in [0.1, 0.15) is 22.5 Å². The van der Waals surface area contributed by atoms with Gasteiger partial charge >= 0.3 is 5.97 Å². The van der Waals surface area contributed by atoms with Crippen LogP contribution in [0, 0.1) is 0 Å². The molecule has 1 atom stereocenters. The monoisotopic (exact) mass is 294 g/mol. The number of aromatic nitrogens is 1. The molecule has 1 unspecified atom stereocenters. The lowest BCUT2D eigenvalue weighted by atomic mass is 10.2. The number of carboxylic acids is 1. The summed E-state index contributed by atoms with van der Waals surface area (Å²) >= 11 is 1.32. The van der Waals surface area contributed by atoms with E-state index in [1.165, 1.54) is 11.3 Å². The molecular weight excluding hydrogens is 280 g/mol. The Hall–Kier alpha value is -2.12. The van der Waals surface area contributed by atoms with Gasteiger partial charge in [-0.2, -0.15) is 0 Å². The molecular formula is C13H14N2O4S. The predicted molar refractivity (Wildman–Crippen MR) is 75.2 cm³/mol. The molecule has 3 N–H and O–H groups in total. The van der Waals surface area contributed by atoms with Gasteiger partial charge < -0.3 is 20.3 Å². The summed E-state index contributed by atoms with van der Waals surface area (Å²) < 4.78 is 10.4. The van der Waals surface area contributed by atoms with Gasteiger partial charge in [-0.3, -0.25) is 4.79 Å². The van der Waals surface area contributed by atoms with Crippen molar-refractivity contribution in [3.05, 3.63) is 29.3 Å². The van der Waals surface area contributed by atoms with E-state index in [4.69, 9.17) is 20.3 Å². The number of nitrogens with zero attached hydrogens (tertiary/aromatic N) is 1. The highest BCUT2D eigenvalue weighted by Crippen LogP contribution is 2.35. The fourth-order valence-electron chi connectivity index (χ4n) is 1.65. The third-order valence-corrected chi connectivity index (χ3v) is 3.64. The van der Waals surface area contributed by atoms with E-state index in [1.54, 1.807) is 31.7 Å². The van der Waals surface area contributed by atoms with Crippen molar-refractivity contribution in [3.8, 4) is 22.1 Å². The van der Waals surface area contributed by atoms with Gasteiger partial charge in [0, 0.05) is 11.4 Å². The fourth-order valence-corrected chi connectivity index (χ4v) is 2.54. The van der Waals surface area contributed by atoms with Crippen LogP contribution in [0.25, 0.3) is 10.6 Å². The number of ether oxygens (including phenoxy) is 2. The molecule has 0 amide bonds. The number of methoxy groups -OCH3 is 2.